The molecule has 0 aromatic heterocycles. The van der Waals surface area contributed by atoms with E-state index in [1.54, 1.807) is 42.5 Å². The van der Waals surface area contributed by atoms with Crippen molar-refractivity contribution in [2.45, 2.75) is 0 Å². The van der Waals surface area contributed by atoms with Gasteiger partial charge in [-0.3, -0.25) is 15.0 Å². The van der Waals surface area contributed by atoms with Gasteiger partial charge in [-0.25, -0.2) is 0 Å². The van der Waals surface area contributed by atoms with E-state index in [9.17, 15) is 18.5 Å². The van der Waals surface area contributed by atoms with Crippen LogP contribution in [0.25, 0.3) is 0 Å². The Labute approximate surface area is 158 Å². The first kappa shape index (κ1) is 19.1. The Bertz CT molecular complexity index is 881. The number of nitro groups is 1. The third-order valence-corrected chi connectivity index (χ3v) is 5.53. The zero-order chi connectivity index (χ0) is 19.3. The standard InChI is InChI=1S/C18H21N3O5S/c22-21(23)17-6-4-5-16(15-17)20-11-9-19(10-12-20)13-14-27(24,25)26-18-7-2-1-3-8-18/h1-8,15H,9-14H2. The molecule has 8 nitrogen and oxygen atoms in total. The van der Waals surface area contributed by atoms with Crippen molar-refractivity contribution in [2.75, 3.05) is 43.4 Å². The smallest absolute Gasteiger partial charge is 0.310 e. The van der Waals surface area contributed by atoms with Crippen molar-refractivity contribution in [1.29, 1.82) is 0 Å². The second kappa shape index (κ2) is 8.36. The van der Waals surface area contributed by atoms with E-state index >= 15 is 0 Å². The molecule has 9 heteroatoms. The number of benzene rings is 2. The maximum Gasteiger partial charge on any atom is 0.310 e. The number of nitrogens with zero attached hydrogens (tertiary/aromatic N) is 3. The highest BCUT2D eigenvalue weighted by molar-refractivity contribution is 7.87. The highest BCUT2D eigenvalue weighted by atomic mass is 32.2. The normalized spacial score (nSPS) is 15.5. The third kappa shape index (κ3) is 5.41. The fourth-order valence-corrected chi connectivity index (χ4v) is 3.91. The lowest BCUT2D eigenvalue weighted by Crippen LogP contribution is -2.47. The van der Waals surface area contributed by atoms with Gasteiger partial charge < -0.3 is 9.08 Å². The minimum atomic E-state index is -3.65. The fourth-order valence-electron chi connectivity index (χ4n) is 2.94. The van der Waals surface area contributed by atoms with Gasteiger partial charge in [0.05, 0.1) is 10.7 Å². The molecule has 1 aliphatic rings. The highest BCUT2D eigenvalue weighted by Crippen LogP contribution is 2.22. The molecule has 0 saturated carbocycles. The molecule has 1 heterocycles. The fraction of sp³-hybridized carbons (Fsp3) is 0.333. The molecule has 0 atom stereocenters. The molecule has 0 N–H and O–H groups in total. The summed E-state index contributed by atoms with van der Waals surface area (Å²) < 4.78 is 29.3. The molecular weight excluding hydrogens is 370 g/mol. The van der Waals surface area contributed by atoms with Gasteiger partial charge in [-0.1, -0.05) is 24.3 Å². The summed E-state index contributed by atoms with van der Waals surface area (Å²) in [4.78, 5) is 14.6. The largest absolute Gasteiger partial charge is 0.382 e. The van der Waals surface area contributed by atoms with Gasteiger partial charge in [0.15, 0.2) is 0 Å². The summed E-state index contributed by atoms with van der Waals surface area (Å²) in [5.74, 6) is 0.228. The van der Waals surface area contributed by atoms with Crippen molar-refractivity contribution in [3.63, 3.8) is 0 Å². The summed E-state index contributed by atoms with van der Waals surface area (Å²) in [6.07, 6.45) is 0. The molecule has 0 aliphatic carbocycles. The molecule has 144 valence electrons. The first-order valence-corrected chi connectivity index (χ1v) is 10.2. The van der Waals surface area contributed by atoms with Crippen LogP contribution < -0.4 is 9.08 Å². The van der Waals surface area contributed by atoms with Gasteiger partial charge in [0, 0.05) is 50.5 Å². The summed E-state index contributed by atoms with van der Waals surface area (Å²) >= 11 is 0. The predicted octanol–water partition coefficient (Wildman–Crippen LogP) is 2.13. The molecule has 0 bridgehead atoms. The summed E-state index contributed by atoms with van der Waals surface area (Å²) in [6.45, 7) is 3.12. The van der Waals surface area contributed by atoms with Crippen molar-refractivity contribution in [2.24, 2.45) is 0 Å². The van der Waals surface area contributed by atoms with Crippen LogP contribution in [0.3, 0.4) is 0 Å². The summed E-state index contributed by atoms with van der Waals surface area (Å²) in [5, 5.41) is 10.9. The molecule has 0 amide bonds. The zero-order valence-corrected chi connectivity index (χ0v) is 15.5. The average molecular weight is 391 g/mol. The quantitative estimate of drug-likeness (QED) is 0.405. The average Bonchev–Trinajstić information content (AvgIpc) is 2.67. The van der Waals surface area contributed by atoms with Crippen LogP contribution in [0.15, 0.2) is 54.6 Å². The Morgan fingerprint density at radius 1 is 1.00 bits per heavy atom. The van der Waals surface area contributed by atoms with Crippen LogP contribution in [-0.4, -0.2) is 56.7 Å². The van der Waals surface area contributed by atoms with Crippen LogP contribution in [-0.2, 0) is 10.1 Å². The lowest BCUT2D eigenvalue weighted by atomic mass is 10.2. The number of rotatable bonds is 7. The third-order valence-electron chi connectivity index (χ3n) is 4.40. The molecule has 3 rings (SSSR count). The molecule has 0 radical (unpaired) electrons. The molecule has 2 aromatic carbocycles. The summed E-state index contributed by atoms with van der Waals surface area (Å²) in [7, 11) is -3.65. The maximum atomic E-state index is 12.1. The van der Waals surface area contributed by atoms with Gasteiger partial charge in [0.25, 0.3) is 5.69 Å². The van der Waals surface area contributed by atoms with Crippen LogP contribution in [0.5, 0.6) is 5.75 Å². The second-order valence-corrected chi connectivity index (χ2v) is 7.95. The molecule has 0 spiro atoms. The van der Waals surface area contributed by atoms with Gasteiger partial charge >= 0.3 is 10.1 Å². The van der Waals surface area contributed by atoms with Crippen LogP contribution >= 0.6 is 0 Å². The van der Waals surface area contributed by atoms with Gasteiger partial charge in [-0.15, -0.1) is 0 Å². The highest BCUT2D eigenvalue weighted by Gasteiger charge is 2.21. The van der Waals surface area contributed by atoms with Crippen molar-refractivity contribution in [3.8, 4) is 5.75 Å². The van der Waals surface area contributed by atoms with Crippen molar-refractivity contribution in [1.82, 2.24) is 4.90 Å². The summed E-state index contributed by atoms with van der Waals surface area (Å²) in [6, 6.07) is 15.0. The Morgan fingerprint density at radius 3 is 2.37 bits per heavy atom. The SMILES string of the molecule is O=[N+]([O-])c1cccc(N2CCN(CCS(=O)(=O)Oc3ccccc3)CC2)c1. The number of para-hydroxylation sites is 1. The monoisotopic (exact) mass is 391 g/mol. The van der Waals surface area contributed by atoms with Gasteiger partial charge in [-0.2, -0.15) is 8.42 Å². The Kier molecular flexibility index (Phi) is 5.92. The van der Waals surface area contributed by atoms with E-state index in [0.29, 0.717) is 38.5 Å². The minimum Gasteiger partial charge on any atom is -0.382 e. The first-order chi connectivity index (χ1) is 12.9. The Morgan fingerprint density at radius 2 is 1.70 bits per heavy atom. The maximum absolute atomic E-state index is 12.1. The number of piperazine rings is 1. The van der Waals surface area contributed by atoms with Crippen molar-refractivity contribution >= 4 is 21.5 Å². The van der Waals surface area contributed by atoms with Crippen LogP contribution in [0.2, 0.25) is 0 Å². The van der Waals surface area contributed by atoms with Crippen molar-refractivity contribution in [3.05, 3.63) is 64.7 Å². The molecule has 1 saturated heterocycles. The van der Waals surface area contributed by atoms with E-state index in [-0.39, 0.29) is 11.4 Å². The molecule has 0 unspecified atom stereocenters. The Hall–Kier alpha value is -2.65. The van der Waals surface area contributed by atoms with Crippen LogP contribution in [0.1, 0.15) is 0 Å². The second-order valence-electron chi connectivity index (χ2n) is 6.26. The van der Waals surface area contributed by atoms with Crippen molar-refractivity contribution < 1.29 is 17.5 Å². The number of hydrogen-bond donors (Lipinski definition) is 0. The number of anilines is 1. The van der Waals surface area contributed by atoms with E-state index in [1.807, 2.05) is 6.07 Å². The van der Waals surface area contributed by atoms with Gasteiger partial charge in [-0.05, 0) is 18.2 Å². The summed E-state index contributed by atoms with van der Waals surface area (Å²) in [5.41, 5.74) is 0.878. The van der Waals surface area contributed by atoms with Gasteiger partial charge in [0.2, 0.25) is 0 Å². The molecule has 1 fully saturated rings. The van der Waals surface area contributed by atoms with Crippen LogP contribution in [0.4, 0.5) is 11.4 Å². The minimum absolute atomic E-state index is 0.0686. The predicted molar refractivity (Wildman–Crippen MR) is 103 cm³/mol. The van der Waals surface area contributed by atoms with E-state index in [2.05, 4.69) is 9.80 Å². The van der Waals surface area contributed by atoms with Gasteiger partial charge in [0.1, 0.15) is 5.75 Å². The lowest BCUT2D eigenvalue weighted by Gasteiger charge is -2.35. The lowest BCUT2D eigenvalue weighted by molar-refractivity contribution is -0.384. The molecule has 1 aliphatic heterocycles. The molecular formula is C18H21N3O5S. The van der Waals surface area contributed by atoms with E-state index in [4.69, 9.17) is 4.18 Å². The van der Waals surface area contributed by atoms with E-state index in [1.165, 1.54) is 6.07 Å². The first-order valence-electron chi connectivity index (χ1n) is 8.62. The molecule has 2 aromatic rings. The number of hydrogen-bond acceptors (Lipinski definition) is 7. The molecule has 27 heavy (non-hydrogen) atoms. The number of nitro benzene ring substituents is 1. The van der Waals surface area contributed by atoms with E-state index < -0.39 is 15.0 Å². The topological polar surface area (TPSA) is 93.0 Å². The van der Waals surface area contributed by atoms with E-state index in [0.717, 1.165) is 5.69 Å². The Balaban J connectivity index is 1.49. The van der Waals surface area contributed by atoms with Crippen LogP contribution in [0, 0.1) is 10.1 Å². The number of non-ortho nitro benzene ring substituents is 1. The zero-order valence-electron chi connectivity index (χ0n) is 14.7.